The maximum absolute atomic E-state index is 12.5. The minimum Gasteiger partial charge on any atom is -0.341 e. The molecule has 0 spiro atoms. The Morgan fingerprint density at radius 1 is 1.50 bits per heavy atom. The molecule has 1 atom stereocenters. The molecule has 2 heterocycles. The molecule has 100 valence electrons. The summed E-state index contributed by atoms with van der Waals surface area (Å²) < 4.78 is 1.73. The van der Waals surface area contributed by atoms with Gasteiger partial charge in [-0.05, 0) is 25.8 Å². The number of nitrogens with zero attached hydrogens (tertiary/aromatic N) is 3. The lowest BCUT2D eigenvalue weighted by molar-refractivity contribution is -0.134. The van der Waals surface area contributed by atoms with Gasteiger partial charge in [-0.2, -0.15) is 5.10 Å². The van der Waals surface area contributed by atoms with E-state index in [9.17, 15) is 4.79 Å². The highest BCUT2D eigenvalue weighted by atomic mass is 16.2. The molecule has 1 aliphatic heterocycles. The summed E-state index contributed by atoms with van der Waals surface area (Å²) in [5.74, 6) is 0.901. The van der Waals surface area contributed by atoms with Gasteiger partial charge in [-0.1, -0.05) is 6.92 Å². The van der Waals surface area contributed by atoms with Gasteiger partial charge in [0.25, 0.3) is 0 Å². The Labute approximate surface area is 108 Å². The third kappa shape index (κ3) is 2.72. The summed E-state index contributed by atoms with van der Waals surface area (Å²) in [5.41, 5.74) is 0.934. The van der Waals surface area contributed by atoms with Crippen molar-refractivity contribution in [3.8, 4) is 0 Å². The van der Waals surface area contributed by atoms with Crippen LogP contribution >= 0.6 is 0 Å². The average Bonchev–Trinajstić information content (AvgIpc) is 2.77. The van der Waals surface area contributed by atoms with Gasteiger partial charge in [-0.15, -0.1) is 0 Å². The van der Waals surface area contributed by atoms with Gasteiger partial charge < -0.3 is 10.2 Å². The summed E-state index contributed by atoms with van der Waals surface area (Å²) in [6.07, 6.45) is 5.86. The van der Waals surface area contributed by atoms with Gasteiger partial charge in [0.1, 0.15) is 6.04 Å². The summed E-state index contributed by atoms with van der Waals surface area (Å²) in [4.78, 5) is 14.4. The lowest BCUT2D eigenvalue weighted by atomic mass is 9.98. The number of aromatic nitrogens is 2. The largest absolute Gasteiger partial charge is 0.341 e. The molecular weight excluding hydrogens is 228 g/mol. The summed E-state index contributed by atoms with van der Waals surface area (Å²) in [7, 11) is 3.69. The van der Waals surface area contributed by atoms with Crippen molar-refractivity contribution >= 4 is 5.91 Å². The molecule has 1 saturated heterocycles. The van der Waals surface area contributed by atoms with Crippen LogP contribution in [0.5, 0.6) is 0 Å². The molecular formula is C13H22N4O. The lowest BCUT2D eigenvalue weighted by Crippen LogP contribution is -2.43. The molecule has 0 aromatic carbocycles. The van der Waals surface area contributed by atoms with Gasteiger partial charge in [0.2, 0.25) is 5.91 Å². The minimum absolute atomic E-state index is 0.164. The fraction of sp³-hybridized carbons (Fsp3) is 0.692. The lowest BCUT2D eigenvalue weighted by Gasteiger charge is -2.32. The van der Waals surface area contributed by atoms with Crippen LogP contribution in [0.2, 0.25) is 0 Å². The number of carbonyl (C=O) groups is 1. The number of likely N-dealkylation sites (tertiary alicyclic amines) is 1. The van der Waals surface area contributed by atoms with E-state index in [0.717, 1.165) is 37.4 Å². The van der Waals surface area contributed by atoms with Crippen LogP contribution < -0.4 is 5.32 Å². The number of carbonyl (C=O) groups excluding carboxylic acids is 1. The van der Waals surface area contributed by atoms with Crippen LogP contribution in [-0.2, 0) is 11.8 Å². The first-order valence-corrected chi connectivity index (χ1v) is 6.56. The van der Waals surface area contributed by atoms with Crippen LogP contribution in [0.3, 0.4) is 0 Å². The molecule has 1 unspecified atom stereocenters. The highest BCUT2D eigenvalue weighted by Crippen LogP contribution is 2.21. The normalized spacial score (nSPS) is 18.9. The van der Waals surface area contributed by atoms with Gasteiger partial charge >= 0.3 is 0 Å². The second-order valence-corrected chi connectivity index (χ2v) is 5.18. The molecule has 1 aromatic rings. The van der Waals surface area contributed by atoms with Crippen LogP contribution in [0, 0.1) is 5.92 Å². The van der Waals surface area contributed by atoms with Gasteiger partial charge in [0, 0.05) is 31.9 Å². The van der Waals surface area contributed by atoms with E-state index in [1.807, 2.05) is 25.2 Å². The van der Waals surface area contributed by atoms with Crippen molar-refractivity contribution in [3.05, 3.63) is 18.0 Å². The maximum atomic E-state index is 12.5. The van der Waals surface area contributed by atoms with Crippen molar-refractivity contribution in [2.75, 3.05) is 20.1 Å². The SMILES string of the molecule is CNC(C(=O)N1CCC(C)CC1)c1cnn(C)c1. The van der Waals surface area contributed by atoms with Gasteiger partial charge in [0.05, 0.1) is 6.20 Å². The topological polar surface area (TPSA) is 50.2 Å². The van der Waals surface area contributed by atoms with Crippen LogP contribution in [0.25, 0.3) is 0 Å². The predicted octanol–water partition coefficient (Wildman–Crippen LogP) is 0.939. The number of hydrogen-bond donors (Lipinski definition) is 1. The van der Waals surface area contributed by atoms with E-state index in [-0.39, 0.29) is 11.9 Å². The summed E-state index contributed by atoms with van der Waals surface area (Å²) in [6.45, 7) is 4.00. The van der Waals surface area contributed by atoms with Crippen molar-refractivity contribution in [1.29, 1.82) is 0 Å². The molecule has 5 heteroatoms. The smallest absolute Gasteiger partial charge is 0.244 e. The number of nitrogens with one attached hydrogen (secondary N) is 1. The van der Waals surface area contributed by atoms with Gasteiger partial charge in [-0.25, -0.2) is 0 Å². The zero-order valence-corrected chi connectivity index (χ0v) is 11.4. The van der Waals surface area contributed by atoms with Crippen molar-refractivity contribution in [3.63, 3.8) is 0 Å². The number of likely N-dealkylation sites (N-methyl/N-ethyl adjacent to an activating group) is 1. The van der Waals surface area contributed by atoms with Crippen molar-refractivity contribution in [2.24, 2.45) is 13.0 Å². The number of aryl methyl sites for hydroxylation is 1. The van der Waals surface area contributed by atoms with E-state index in [2.05, 4.69) is 17.3 Å². The van der Waals surface area contributed by atoms with E-state index >= 15 is 0 Å². The molecule has 0 radical (unpaired) electrons. The predicted molar refractivity (Wildman–Crippen MR) is 70.0 cm³/mol. The highest BCUT2D eigenvalue weighted by molar-refractivity contribution is 5.83. The molecule has 18 heavy (non-hydrogen) atoms. The Hall–Kier alpha value is -1.36. The fourth-order valence-electron chi connectivity index (χ4n) is 2.43. The number of hydrogen-bond acceptors (Lipinski definition) is 3. The van der Waals surface area contributed by atoms with Crippen LogP contribution in [0.1, 0.15) is 31.4 Å². The second-order valence-electron chi connectivity index (χ2n) is 5.18. The van der Waals surface area contributed by atoms with Gasteiger partial charge in [-0.3, -0.25) is 9.48 Å². The Kier molecular flexibility index (Phi) is 4.01. The summed E-state index contributed by atoms with van der Waals surface area (Å²) in [5, 5.41) is 7.23. The molecule has 1 aromatic heterocycles. The quantitative estimate of drug-likeness (QED) is 0.868. The zero-order valence-electron chi connectivity index (χ0n) is 11.4. The molecule has 1 N–H and O–H groups in total. The van der Waals surface area contributed by atoms with E-state index in [4.69, 9.17) is 0 Å². The first kappa shape index (κ1) is 13.1. The Balaban J connectivity index is 2.06. The monoisotopic (exact) mass is 250 g/mol. The van der Waals surface area contributed by atoms with Crippen LogP contribution in [-0.4, -0.2) is 40.7 Å². The van der Waals surface area contributed by atoms with E-state index < -0.39 is 0 Å². The third-order valence-electron chi connectivity index (χ3n) is 3.69. The molecule has 0 bridgehead atoms. The van der Waals surface area contributed by atoms with E-state index in [1.165, 1.54) is 0 Å². The summed E-state index contributed by atoms with van der Waals surface area (Å²) >= 11 is 0. The molecule has 1 aliphatic rings. The Bertz CT molecular complexity index is 407. The van der Waals surface area contributed by atoms with Gasteiger partial charge in [0.15, 0.2) is 0 Å². The molecule has 1 amide bonds. The number of piperidine rings is 1. The van der Waals surface area contributed by atoms with Crippen LogP contribution in [0.15, 0.2) is 12.4 Å². The van der Waals surface area contributed by atoms with Crippen molar-refractivity contribution < 1.29 is 4.79 Å². The zero-order chi connectivity index (χ0) is 13.1. The fourth-order valence-corrected chi connectivity index (χ4v) is 2.43. The highest BCUT2D eigenvalue weighted by Gasteiger charge is 2.27. The summed E-state index contributed by atoms with van der Waals surface area (Å²) in [6, 6.07) is -0.271. The molecule has 1 fully saturated rings. The standard InChI is InChI=1S/C13H22N4O/c1-10-4-6-17(7-5-10)13(18)12(14-2)11-8-15-16(3)9-11/h8-10,12,14H,4-7H2,1-3H3. The van der Waals surface area contributed by atoms with Crippen LogP contribution in [0.4, 0.5) is 0 Å². The second kappa shape index (κ2) is 5.52. The van der Waals surface area contributed by atoms with Crippen molar-refractivity contribution in [2.45, 2.75) is 25.8 Å². The maximum Gasteiger partial charge on any atom is 0.244 e. The molecule has 2 rings (SSSR count). The first-order chi connectivity index (χ1) is 8.61. The third-order valence-corrected chi connectivity index (χ3v) is 3.69. The average molecular weight is 250 g/mol. The first-order valence-electron chi connectivity index (χ1n) is 6.56. The van der Waals surface area contributed by atoms with E-state index in [1.54, 1.807) is 10.9 Å². The minimum atomic E-state index is -0.271. The number of amides is 1. The Morgan fingerprint density at radius 3 is 2.67 bits per heavy atom. The molecule has 0 aliphatic carbocycles. The molecule has 0 saturated carbocycles. The molecule has 5 nitrogen and oxygen atoms in total. The van der Waals surface area contributed by atoms with E-state index in [0.29, 0.717) is 0 Å². The number of rotatable bonds is 3. The Morgan fingerprint density at radius 2 is 2.17 bits per heavy atom. The van der Waals surface area contributed by atoms with Crippen molar-refractivity contribution in [1.82, 2.24) is 20.0 Å².